The van der Waals surface area contributed by atoms with Crippen molar-refractivity contribution < 1.29 is 0 Å². The number of nitrogens with two attached hydrogens (primary N) is 1. The van der Waals surface area contributed by atoms with Gasteiger partial charge in [0.1, 0.15) is 0 Å². The maximum absolute atomic E-state index is 5.94. The topological polar surface area (TPSA) is 35.7 Å². The molecule has 0 unspecified atom stereocenters. The molecule has 0 spiro atoms. The van der Waals surface area contributed by atoms with Crippen LogP contribution in [0.1, 0.15) is 25.7 Å². The van der Waals surface area contributed by atoms with Crippen LogP contribution in [0.2, 0.25) is 0 Å². The van der Waals surface area contributed by atoms with Crippen molar-refractivity contribution in [2.24, 2.45) is 5.73 Å². The fourth-order valence-corrected chi connectivity index (χ4v) is 3.12. The molecule has 4 nitrogen and oxygen atoms in total. The molecule has 2 heterocycles. The lowest BCUT2D eigenvalue weighted by atomic mass is 10.0. The van der Waals surface area contributed by atoms with Gasteiger partial charge in [-0.2, -0.15) is 0 Å². The van der Waals surface area contributed by atoms with Crippen LogP contribution in [0.3, 0.4) is 0 Å². The third-order valence-corrected chi connectivity index (χ3v) is 4.65. The molecule has 0 amide bonds. The Morgan fingerprint density at radius 2 is 1.33 bits per heavy atom. The monoisotopic (exact) mass is 254 g/mol. The fraction of sp³-hybridized carbons (Fsp3) is 1.00. The molecule has 18 heavy (non-hydrogen) atoms. The summed E-state index contributed by atoms with van der Waals surface area (Å²) in [6.45, 7) is 7.44. The van der Waals surface area contributed by atoms with Gasteiger partial charge < -0.3 is 20.4 Å². The van der Waals surface area contributed by atoms with Crippen molar-refractivity contribution in [1.82, 2.24) is 14.7 Å². The first-order valence-corrected chi connectivity index (χ1v) is 7.52. The Morgan fingerprint density at radius 1 is 0.889 bits per heavy atom. The van der Waals surface area contributed by atoms with Crippen molar-refractivity contribution in [3.63, 3.8) is 0 Å². The van der Waals surface area contributed by atoms with Crippen LogP contribution in [-0.4, -0.2) is 80.1 Å². The minimum absolute atomic E-state index is 0.456. The van der Waals surface area contributed by atoms with Gasteiger partial charge in [0.25, 0.3) is 0 Å². The summed E-state index contributed by atoms with van der Waals surface area (Å²) in [5.74, 6) is 0. The molecule has 0 bridgehead atoms. The molecule has 0 aliphatic carbocycles. The molecular weight excluding hydrogens is 224 g/mol. The third kappa shape index (κ3) is 4.19. The van der Waals surface area contributed by atoms with E-state index in [-0.39, 0.29) is 0 Å². The Bertz CT molecular complexity index is 228. The van der Waals surface area contributed by atoms with E-state index in [0.29, 0.717) is 6.04 Å². The highest BCUT2D eigenvalue weighted by Crippen LogP contribution is 2.14. The van der Waals surface area contributed by atoms with E-state index >= 15 is 0 Å². The molecule has 0 aromatic heterocycles. The van der Waals surface area contributed by atoms with E-state index in [0.717, 1.165) is 6.04 Å². The molecular formula is C14H30N4. The average molecular weight is 254 g/mol. The van der Waals surface area contributed by atoms with Gasteiger partial charge >= 0.3 is 0 Å². The molecule has 0 atom stereocenters. The molecule has 106 valence electrons. The van der Waals surface area contributed by atoms with E-state index in [1.807, 2.05) is 0 Å². The van der Waals surface area contributed by atoms with Gasteiger partial charge in [-0.15, -0.1) is 0 Å². The molecule has 0 radical (unpaired) electrons. The average Bonchev–Trinajstić information content (AvgIpc) is 2.38. The van der Waals surface area contributed by atoms with Crippen LogP contribution in [0.5, 0.6) is 0 Å². The number of rotatable bonds is 4. The second kappa shape index (κ2) is 6.85. The van der Waals surface area contributed by atoms with Crippen LogP contribution in [0.15, 0.2) is 0 Å². The zero-order valence-corrected chi connectivity index (χ0v) is 12.1. The van der Waals surface area contributed by atoms with Gasteiger partial charge in [0, 0.05) is 25.2 Å². The number of piperidine rings is 2. The molecule has 2 rings (SSSR count). The van der Waals surface area contributed by atoms with Crippen LogP contribution >= 0.6 is 0 Å². The van der Waals surface area contributed by atoms with Crippen LogP contribution in [0.4, 0.5) is 0 Å². The highest BCUT2D eigenvalue weighted by molar-refractivity contribution is 4.79. The lowest BCUT2D eigenvalue weighted by molar-refractivity contribution is 0.122. The molecule has 0 aromatic carbocycles. The third-order valence-electron chi connectivity index (χ3n) is 4.65. The summed E-state index contributed by atoms with van der Waals surface area (Å²) < 4.78 is 0. The number of hydrogen-bond acceptors (Lipinski definition) is 4. The summed E-state index contributed by atoms with van der Waals surface area (Å²) in [5.41, 5.74) is 5.94. The van der Waals surface area contributed by atoms with Crippen LogP contribution < -0.4 is 5.73 Å². The van der Waals surface area contributed by atoms with Crippen LogP contribution in [0, 0.1) is 0 Å². The van der Waals surface area contributed by atoms with Crippen LogP contribution in [-0.2, 0) is 0 Å². The summed E-state index contributed by atoms with van der Waals surface area (Å²) in [5, 5.41) is 0. The summed E-state index contributed by atoms with van der Waals surface area (Å²) in [7, 11) is 4.41. The summed E-state index contributed by atoms with van der Waals surface area (Å²) in [6, 6.07) is 1.26. The summed E-state index contributed by atoms with van der Waals surface area (Å²) in [4.78, 5) is 7.60. The Morgan fingerprint density at radius 3 is 1.78 bits per heavy atom. The molecule has 2 N–H and O–H groups in total. The maximum atomic E-state index is 5.94. The van der Waals surface area contributed by atoms with E-state index in [1.54, 1.807) is 0 Å². The highest BCUT2D eigenvalue weighted by Gasteiger charge is 2.21. The number of nitrogens with zero attached hydrogens (tertiary/aromatic N) is 3. The normalized spacial score (nSPS) is 26.0. The van der Waals surface area contributed by atoms with Crippen molar-refractivity contribution in [3.05, 3.63) is 0 Å². The van der Waals surface area contributed by atoms with E-state index in [1.165, 1.54) is 65.0 Å². The first-order chi connectivity index (χ1) is 8.65. The van der Waals surface area contributed by atoms with E-state index < -0.39 is 0 Å². The molecule has 2 saturated heterocycles. The SMILES string of the molecule is CN(C)C1CCN(CCN2CCC(N)CC2)CC1. The summed E-state index contributed by atoms with van der Waals surface area (Å²) in [6.07, 6.45) is 5.03. The quantitative estimate of drug-likeness (QED) is 0.789. The van der Waals surface area contributed by atoms with Crippen molar-refractivity contribution in [3.8, 4) is 0 Å². The predicted molar refractivity (Wildman–Crippen MR) is 76.8 cm³/mol. The molecule has 2 aliphatic heterocycles. The lowest BCUT2D eigenvalue weighted by Crippen LogP contribution is -2.46. The molecule has 2 fully saturated rings. The van der Waals surface area contributed by atoms with Gasteiger partial charge in [0.05, 0.1) is 0 Å². The fourth-order valence-electron chi connectivity index (χ4n) is 3.12. The zero-order valence-electron chi connectivity index (χ0n) is 12.1. The first-order valence-electron chi connectivity index (χ1n) is 7.52. The smallest absolute Gasteiger partial charge is 0.0113 e. The Hall–Kier alpha value is -0.160. The second-order valence-corrected chi connectivity index (χ2v) is 6.22. The van der Waals surface area contributed by atoms with Gasteiger partial charge in [-0.05, 0) is 66.0 Å². The van der Waals surface area contributed by atoms with Crippen molar-refractivity contribution in [1.29, 1.82) is 0 Å². The Balaban J connectivity index is 1.60. The lowest BCUT2D eigenvalue weighted by Gasteiger charge is -2.37. The zero-order chi connectivity index (χ0) is 13.0. The first kappa shape index (κ1) is 14.3. The van der Waals surface area contributed by atoms with Gasteiger partial charge in [-0.1, -0.05) is 0 Å². The minimum atomic E-state index is 0.456. The van der Waals surface area contributed by atoms with Gasteiger partial charge in [0.2, 0.25) is 0 Å². The Kier molecular flexibility index (Phi) is 5.42. The van der Waals surface area contributed by atoms with Crippen molar-refractivity contribution >= 4 is 0 Å². The van der Waals surface area contributed by atoms with E-state index in [4.69, 9.17) is 5.73 Å². The standard InChI is InChI=1S/C14H30N4/c1-16(2)14-5-9-18(10-6-14)12-11-17-7-3-13(15)4-8-17/h13-14H,3-12,15H2,1-2H3. The number of likely N-dealkylation sites (tertiary alicyclic amines) is 2. The van der Waals surface area contributed by atoms with Crippen molar-refractivity contribution in [2.45, 2.75) is 37.8 Å². The molecule has 0 saturated carbocycles. The number of hydrogen-bond donors (Lipinski definition) is 1. The molecule has 4 heteroatoms. The minimum Gasteiger partial charge on any atom is -0.328 e. The maximum Gasteiger partial charge on any atom is 0.0113 e. The predicted octanol–water partition coefficient (Wildman–Crippen LogP) is 0.436. The molecule has 2 aliphatic rings. The van der Waals surface area contributed by atoms with E-state index in [9.17, 15) is 0 Å². The second-order valence-electron chi connectivity index (χ2n) is 6.22. The van der Waals surface area contributed by atoms with Crippen LogP contribution in [0.25, 0.3) is 0 Å². The van der Waals surface area contributed by atoms with Gasteiger partial charge in [-0.25, -0.2) is 0 Å². The molecule has 0 aromatic rings. The largest absolute Gasteiger partial charge is 0.328 e. The Labute approximate surface area is 112 Å². The van der Waals surface area contributed by atoms with Gasteiger partial charge in [0.15, 0.2) is 0 Å². The highest BCUT2D eigenvalue weighted by atomic mass is 15.2. The van der Waals surface area contributed by atoms with Gasteiger partial charge in [-0.3, -0.25) is 0 Å². The summed E-state index contributed by atoms with van der Waals surface area (Å²) >= 11 is 0. The van der Waals surface area contributed by atoms with E-state index in [2.05, 4.69) is 28.8 Å². The van der Waals surface area contributed by atoms with Crippen molar-refractivity contribution in [2.75, 3.05) is 53.4 Å².